The number of nitrogens with zero attached hydrogens (tertiary/aromatic N) is 4. The largest absolute Gasteiger partial charge is 0.466 e. The molecule has 6 nitrogen and oxygen atoms in total. The molecule has 1 aromatic heterocycles. The molecule has 0 aliphatic heterocycles. The molecule has 1 heterocycles. The van der Waals surface area contributed by atoms with Gasteiger partial charge in [-0.25, -0.2) is 9.97 Å². The van der Waals surface area contributed by atoms with Gasteiger partial charge < -0.3 is 4.74 Å². The van der Waals surface area contributed by atoms with Gasteiger partial charge in [0.1, 0.15) is 12.4 Å². The lowest BCUT2D eigenvalue weighted by molar-refractivity contribution is -0.143. The maximum absolute atomic E-state index is 11.9. The highest BCUT2D eigenvalue weighted by molar-refractivity contribution is 5.86. The number of rotatable bonds is 6. The molecule has 3 aromatic rings. The molecule has 0 radical (unpaired) electrons. The maximum atomic E-state index is 11.9. The van der Waals surface area contributed by atoms with Gasteiger partial charge in [0.2, 0.25) is 0 Å². The second-order valence-corrected chi connectivity index (χ2v) is 5.37. The Morgan fingerprint density at radius 1 is 1.08 bits per heavy atom. The summed E-state index contributed by atoms with van der Waals surface area (Å²) in [6.45, 7) is 2.12. The summed E-state index contributed by atoms with van der Waals surface area (Å²) in [5.41, 5.74) is 1.70. The monoisotopic (exact) mass is 334 g/mol. The van der Waals surface area contributed by atoms with E-state index in [9.17, 15) is 4.79 Å². The topological polar surface area (TPSA) is 76.8 Å². The number of aromatic nitrogens is 2. The Hall–Kier alpha value is -3.15. The summed E-state index contributed by atoms with van der Waals surface area (Å²) >= 11 is 0. The number of carbonyl (C=O) groups is 1. The van der Waals surface area contributed by atoms with Gasteiger partial charge in [-0.1, -0.05) is 42.5 Å². The molecule has 0 aliphatic rings. The van der Waals surface area contributed by atoms with Crippen LogP contribution in [0, 0.1) is 0 Å². The predicted octanol–water partition coefficient (Wildman–Crippen LogP) is 4.41. The molecule has 3 rings (SSSR count). The number of hydrogen-bond acceptors (Lipinski definition) is 6. The second-order valence-electron chi connectivity index (χ2n) is 5.37. The average molecular weight is 334 g/mol. The summed E-state index contributed by atoms with van der Waals surface area (Å²) < 4.78 is 5.05. The molecule has 1 unspecified atom stereocenters. The molecule has 0 aliphatic carbocycles. The molecule has 0 N–H and O–H groups in total. The molecule has 0 saturated heterocycles. The number of esters is 1. The number of benzene rings is 2. The summed E-state index contributed by atoms with van der Waals surface area (Å²) in [4.78, 5) is 20.3. The van der Waals surface area contributed by atoms with Crippen molar-refractivity contribution in [3.8, 4) is 0 Å². The lowest BCUT2D eigenvalue weighted by Crippen LogP contribution is -2.09. The van der Waals surface area contributed by atoms with Crippen molar-refractivity contribution in [1.29, 1.82) is 0 Å². The van der Waals surface area contributed by atoms with E-state index in [1.165, 1.54) is 6.33 Å². The van der Waals surface area contributed by atoms with E-state index in [-0.39, 0.29) is 12.4 Å². The quantitative estimate of drug-likeness (QED) is 0.494. The van der Waals surface area contributed by atoms with E-state index < -0.39 is 6.04 Å². The minimum Gasteiger partial charge on any atom is -0.466 e. The van der Waals surface area contributed by atoms with Crippen LogP contribution in [-0.2, 0) is 9.53 Å². The molecular weight excluding hydrogens is 316 g/mol. The molecule has 1 atom stereocenters. The Bertz CT molecular complexity index is 875. The zero-order chi connectivity index (χ0) is 17.5. The van der Waals surface area contributed by atoms with Gasteiger partial charge in [-0.15, -0.1) is 5.11 Å². The minimum atomic E-state index is -0.422. The predicted molar refractivity (Wildman–Crippen MR) is 94.5 cm³/mol. The van der Waals surface area contributed by atoms with E-state index in [1.54, 1.807) is 6.92 Å². The molecule has 0 spiro atoms. The lowest BCUT2D eigenvalue weighted by atomic mass is 10.1. The van der Waals surface area contributed by atoms with Crippen LogP contribution >= 0.6 is 0 Å². The molecule has 0 amide bonds. The molecular formula is C19H18N4O2. The van der Waals surface area contributed by atoms with Gasteiger partial charge in [0.05, 0.1) is 18.5 Å². The highest BCUT2D eigenvalue weighted by atomic mass is 16.5. The summed E-state index contributed by atoms with van der Waals surface area (Å²) in [6.07, 6.45) is 1.59. The highest BCUT2D eigenvalue weighted by Gasteiger charge is 2.16. The van der Waals surface area contributed by atoms with Crippen LogP contribution in [0.15, 0.2) is 71.2 Å². The first-order valence-corrected chi connectivity index (χ1v) is 8.09. The van der Waals surface area contributed by atoms with Gasteiger partial charge >= 0.3 is 5.97 Å². The Labute approximate surface area is 145 Å². The highest BCUT2D eigenvalue weighted by Crippen LogP contribution is 2.26. The molecule has 0 fully saturated rings. The fourth-order valence-corrected chi connectivity index (χ4v) is 2.47. The summed E-state index contributed by atoms with van der Waals surface area (Å²) in [5, 5.41) is 9.48. The van der Waals surface area contributed by atoms with Crippen LogP contribution in [0.4, 0.5) is 5.82 Å². The number of carbonyl (C=O) groups excluding carboxylic acids is 1. The van der Waals surface area contributed by atoms with E-state index in [0.29, 0.717) is 12.4 Å². The Morgan fingerprint density at radius 2 is 1.84 bits per heavy atom. The molecule has 0 bridgehead atoms. The van der Waals surface area contributed by atoms with Crippen molar-refractivity contribution in [2.75, 3.05) is 6.61 Å². The Kier molecular flexibility index (Phi) is 5.41. The third-order valence-electron chi connectivity index (χ3n) is 3.66. The van der Waals surface area contributed by atoms with Crippen molar-refractivity contribution in [2.45, 2.75) is 19.4 Å². The fourth-order valence-electron chi connectivity index (χ4n) is 2.47. The van der Waals surface area contributed by atoms with Crippen molar-refractivity contribution >= 4 is 22.7 Å². The summed E-state index contributed by atoms with van der Waals surface area (Å²) in [7, 11) is 0. The van der Waals surface area contributed by atoms with Crippen LogP contribution in [0.2, 0.25) is 0 Å². The van der Waals surface area contributed by atoms with Crippen molar-refractivity contribution in [2.24, 2.45) is 10.2 Å². The summed E-state index contributed by atoms with van der Waals surface area (Å²) in [6, 6.07) is 16.7. The Morgan fingerprint density at radius 3 is 2.64 bits per heavy atom. The van der Waals surface area contributed by atoms with Crippen molar-refractivity contribution in [3.63, 3.8) is 0 Å². The van der Waals surface area contributed by atoms with Gasteiger partial charge in [0.15, 0.2) is 5.82 Å². The van der Waals surface area contributed by atoms with E-state index in [2.05, 4.69) is 20.2 Å². The molecule has 2 aromatic carbocycles. The number of fused-ring (bicyclic) bond motifs is 1. The van der Waals surface area contributed by atoms with Crippen molar-refractivity contribution in [3.05, 3.63) is 66.5 Å². The smallest absolute Gasteiger partial charge is 0.308 e. The molecule has 0 saturated carbocycles. The number of hydrogen-bond donors (Lipinski definition) is 0. The molecule has 25 heavy (non-hydrogen) atoms. The lowest BCUT2D eigenvalue weighted by Gasteiger charge is -2.11. The zero-order valence-electron chi connectivity index (χ0n) is 13.9. The van der Waals surface area contributed by atoms with Gasteiger partial charge in [0, 0.05) is 5.39 Å². The van der Waals surface area contributed by atoms with Crippen molar-refractivity contribution in [1.82, 2.24) is 9.97 Å². The van der Waals surface area contributed by atoms with Gasteiger partial charge in [0.25, 0.3) is 0 Å². The van der Waals surface area contributed by atoms with E-state index in [1.807, 2.05) is 54.6 Å². The van der Waals surface area contributed by atoms with Crippen LogP contribution < -0.4 is 0 Å². The second kappa shape index (κ2) is 8.10. The van der Waals surface area contributed by atoms with Crippen LogP contribution in [-0.4, -0.2) is 22.5 Å². The Balaban J connectivity index is 1.91. The standard InChI is InChI=1S/C19H18N4O2/c1-2-25-18(24)12-17(14-8-4-3-5-9-14)22-23-19-15-10-6-7-11-16(15)20-13-21-19/h3-11,13,17H,2,12H2,1H3. The van der Waals surface area contributed by atoms with Gasteiger partial charge in [-0.3, -0.25) is 4.79 Å². The number of para-hydroxylation sites is 1. The van der Waals surface area contributed by atoms with Crippen LogP contribution in [0.5, 0.6) is 0 Å². The first kappa shape index (κ1) is 16.7. The van der Waals surface area contributed by atoms with Gasteiger partial charge in [-0.2, -0.15) is 5.11 Å². The number of azo groups is 1. The first-order chi connectivity index (χ1) is 12.3. The van der Waals surface area contributed by atoms with Crippen LogP contribution in [0.25, 0.3) is 10.9 Å². The summed E-state index contributed by atoms with van der Waals surface area (Å²) in [5.74, 6) is 0.179. The van der Waals surface area contributed by atoms with Crippen molar-refractivity contribution < 1.29 is 9.53 Å². The maximum Gasteiger partial charge on any atom is 0.308 e. The van der Waals surface area contributed by atoms with Gasteiger partial charge in [-0.05, 0) is 24.6 Å². The third kappa shape index (κ3) is 4.23. The first-order valence-electron chi connectivity index (χ1n) is 8.09. The van der Waals surface area contributed by atoms with Crippen LogP contribution in [0.3, 0.4) is 0 Å². The minimum absolute atomic E-state index is 0.129. The molecule has 6 heteroatoms. The van der Waals surface area contributed by atoms with Crippen LogP contribution in [0.1, 0.15) is 24.9 Å². The number of ether oxygens (including phenoxy) is 1. The normalized spacial score (nSPS) is 12.4. The van der Waals surface area contributed by atoms with E-state index >= 15 is 0 Å². The fraction of sp³-hybridized carbons (Fsp3) is 0.211. The van der Waals surface area contributed by atoms with E-state index in [4.69, 9.17) is 4.74 Å². The SMILES string of the molecule is CCOC(=O)CC(N=Nc1ncnc2ccccc12)c1ccccc1. The average Bonchev–Trinajstić information content (AvgIpc) is 2.66. The molecule has 126 valence electrons. The zero-order valence-corrected chi connectivity index (χ0v) is 13.9. The van der Waals surface area contributed by atoms with E-state index in [0.717, 1.165) is 16.5 Å². The third-order valence-corrected chi connectivity index (χ3v) is 3.66.